The Morgan fingerprint density at radius 2 is 2.19 bits per heavy atom. The predicted molar refractivity (Wildman–Crippen MR) is 84.1 cm³/mol. The van der Waals surface area contributed by atoms with Gasteiger partial charge >= 0.3 is 0 Å². The molecule has 2 rings (SSSR count). The van der Waals surface area contributed by atoms with Gasteiger partial charge in [-0.1, -0.05) is 31.3 Å². The molecule has 0 spiro atoms. The average Bonchev–Trinajstić information content (AvgIpc) is 2.94. The van der Waals surface area contributed by atoms with Gasteiger partial charge in [-0.05, 0) is 12.1 Å². The maximum absolute atomic E-state index is 11.9. The highest BCUT2D eigenvalue weighted by molar-refractivity contribution is 7.15. The highest BCUT2D eigenvalue weighted by Gasteiger charge is 2.10. The van der Waals surface area contributed by atoms with E-state index in [1.54, 1.807) is 7.11 Å². The first-order valence-corrected chi connectivity index (χ1v) is 7.41. The van der Waals surface area contributed by atoms with E-state index in [0.717, 1.165) is 16.4 Å². The first-order valence-electron chi connectivity index (χ1n) is 6.59. The molecule has 7 heteroatoms. The van der Waals surface area contributed by atoms with Crippen molar-refractivity contribution < 1.29 is 9.53 Å². The molecule has 0 radical (unpaired) electrons. The number of benzene rings is 1. The quantitative estimate of drug-likeness (QED) is 0.858. The van der Waals surface area contributed by atoms with E-state index in [1.165, 1.54) is 11.3 Å². The van der Waals surface area contributed by atoms with Crippen molar-refractivity contribution in [3.05, 3.63) is 29.3 Å². The molecule has 0 unspecified atom stereocenters. The third-order valence-electron chi connectivity index (χ3n) is 2.70. The molecule has 21 heavy (non-hydrogen) atoms. The summed E-state index contributed by atoms with van der Waals surface area (Å²) in [5.74, 6) is 0.887. The second-order valence-electron chi connectivity index (χ2n) is 4.73. The number of nitrogens with one attached hydrogen (secondary N) is 2. The van der Waals surface area contributed by atoms with E-state index in [1.807, 2.05) is 38.1 Å². The molecule has 2 N–H and O–H groups in total. The van der Waals surface area contributed by atoms with E-state index < -0.39 is 0 Å². The van der Waals surface area contributed by atoms with Crippen LogP contribution in [0, 0.1) is 0 Å². The molecule has 1 aromatic heterocycles. The molecule has 0 atom stereocenters. The fourth-order valence-corrected chi connectivity index (χ4v) is 2.36. The molecule has 6 nitrogen and oxygen atoms in total. The van der Waals surface area contributed by atoms with Gasteiger partial charge < -0.3 is 10.1 Å². The van der Waals surface area contributed by atoms with Crippen LogP contribution < -0.4 is 15.4 Å². The molecule has 0 aliphatic carbocycles. The molecule has 1 aromatic carbocycles. The van der Waals surface area contributed by atoms with Crippen molar-refractivity contribution in [1.29, 1.82) is 0 Å². The lowest BCUT2D eigenvalue weighted by Gasteiger charge is -2.07. The van der Waals surface area contributed by atoms with Gasteiger partial charge in [0.25, 0.3) is 0 Å². The van der Waals surface area contributed by atoms with E-state index in [4.69, 9.17) is 4.74 Å². The van der Waals surface area contributed by atoms with Gasteiger partial charge in [0, 0.05) is 17.7 Å². The van der Waals surface area contributed by atoms with Crippen LogP contribution in [-0.4, -0.2) is 29.8 Å². The molecule has 0 fully saturated rings. The Bertz CT molecular complexity index is 613. The van der Waals surface area contributed by atoms with Gasteiger partial charge in [-0.25, -0.2) is 0 Å². The van der Waals surface area contributed by atoms with E-state index in [0.29, 0.717) is 11.0 Å². The summed E-state index contributed by atoms with van der Waals surface area (Å²) in [6.07, 6.45) is 0. The summed E-state index contributed by atoms with van der Waals surface area (Å²) >= 11 is 1.40. The normalized spacial score (nSPS) is 10.5. The number of methoxy groups -OCH3 is 1. The van der Waals surface area contributed by atoms with Gasteiger partial charge in [-0.3, -0.25) is 10.1 Å². The molecule has 1 heterocycles. The smallest absolute Gasteiger partial charge is 0.245 e. The molecular formula is C14H18N4O2S. The van der Waals surface area contributed by atoms with Crippen LogP contribution in [0.4, 0.5) is 10.8 Å². The van der Waals surface area contributed by atoms with Crippen molar-refractivity contribution in [3.63, 3.8) is 0 Å². The number of carbonyl (C=O) groups is 1. The Morgan fingerprint density at radius 1 is 1.38 bits per heavy atom. The van der Waals surface area contributed by atoms with Gasteiger partial charge in [0.05, 0.1) is 13.7 Å². The molecule has 0 saturated carbocycles. The summed E-state index contributed by atoms with van der Waals surface area (Å²) in [7, 11) is 1.60. The van der Waals surface area contributed by atoms with Gasteiger partial charge in [-0.2, -0.15) is 0 Å². The predicted octanol–water partition coefficient (Wildman–Crippen LogP) is 2.72. The average molecular weight is 306 g/mol. The van der Waals surface area contributed by atoms with E-state index in [2.05, 4.69) is 20.8 Å². The number of hydrogen-bond acceptors (Lipinski definition) is 6. The summed E-state index contributed by atoms with van der Waals surface area (Å²) < 4.78 is 5.13. The van der Waals surface area contributed by atoms with E-state index in [9.17, 15) is 4.79 Å². The highest BCUT2D eigenvalue weighted by Crippen LogP contribution is 2.22. The fraction of sp³-hybridized carbons (Fsp3) is 0.357. The molecule has 0 bridgehead atoms. The Hall–Kier alpha value is -2.15. The second-order valence-corrected chi connectivity index (χ2v) is 5.74. The number of ether oxygens (including phenoxy) is 1. The zero-order valence-corrected chi connectivity index (χ0v) is 13.0. The zero-order valence-electron chi connectivity index (χ0n) is 12.2. The molecule has 0 saturated heterocycles. The lowest BCUT2D eigenvalue weighted by molar-refractivity contribution is -0.114. The number of rotatable bonds is 6. The topological polar surface area (TPSA) is 76.1 Å². The standard InChI is InChI=1S/C14H18N4O2S/c1-9(2)13-17-18-14(21-13)16-12(19)8-15-10-5-4-6-11(7-10)20-3/h4-7,9,15H,8H2,1-3H3,(H,16,18,19). The van der Waals surface area contributed by atoms with Crippen LogP contribution in [-0.2, 0) is 4.79 Å². The molecule has 0 aliphatic heterocycles. The summed E-state index contributed by atoms with van der Waals surface area (Å²) in [5.41, 5.74) is 0.824. The minimum atomic E-state index is -0.163. The summed E-state index contributed by atoms with van der Waals surface area (Å²) in [5, 5.41) is 15.2. The number of carbonyl (C=O) groups excluding carboxylic acids is 1. The van der Waals surface area contributed by atoms with Crippen LogP contribution in [0.15, 0.2) is 24.3 Å². The maximum atomic E-state index is 11.9. The van der Waals surface area contributed by atoms with Crippen LogP contribution in [0.3, 0.4) is 0 Å². The SMILES string of the molecule is COc1cccc(NCC(=O)Nc2nnc(C(C)C)s2)c1. The van der Waals surface area contributed by atoms with Crippen molar-refractivity contribution in [1.82, 2.24) is 10.2 Å². The highest BCUT2D eigenvalue weighted by atomic mass is 32.1. The lowest BCUT2D eigenvalue weighted by atomic mass is 10.2. The molecule has 112 valence electrons. The van der Waals surface area contributed by atoms with Gasteiger partial charge in [0.15, 0.2) is 0 Å². The van der Waals surface area contributed by atoms with Crippen molar-refractivity contribution in [3.8, 4) is 5.75 Å². The number of aromatic nitrogens is 2. The summed E-state index contributed by atoms with van der Waals surface area (Å²) in [6, 6.07) is 7.41. The first kappa shape index (κ1) is 15.2. The van der Waals surface area contributed by atoms with Crippen LogP contribution in [0.1, 0.15) is 24.8 Å². The maximum Gasteiger partial charge on any atom is 0.245 e. The monoisotopic (exact) mass is 306 g/mol. The van der Waals surface area contributed by atoms with Crippen molar-refractivity contribution in [2.75, 3.05) is 24.3 Å². The largest absolute Gasteiger partial charge is 0.497 e. The molecular weight excluding hydrogens is 288 g/mol. The van der Waals surface area contributed by atoms with Crippen molar-refractivity contribution in [2.24, 2.45) is 0 Å². The van der Waals surface area contributed by atoms with Crippen LogP contribution in [0.5, 0.6) is 5.75 Å². The van der Waals surface area contributed by atoms with Gasteiger partial charge in [0.1, 0.15) is 10.8 Å². The minimum absolute atomic E-state index is 0.157. The third kappa shape index (κ3) is 4.42. The molecule has 0 aliphatic rings. The van der Waals surface area contributed by atoms with Gasteiger partial charge in [-0.15, -0.1) is 10.2 Å². The van der Waals surface area contributed by atoms with E-state index >= 15 is 0 Å². The Labute approximate surface area is 127 Å². The third-order valence-corrected chi connectivity index (χ3v) is 3.84. The fourth-order valence-electron chi connectivity index (χ4n) is 1.60. The zero-order chi connectivity index (χ0) is 15.2. The van der Waals surface area contributed by atoms with Crippen molar-refractivity contribution >= 4 is 28.1 Å². The van der Waals surface area contributed by atoms with E-state index in [-0.39, 0.29) is 12.5 Å². The van der Waals surface area contributed by atoms with Crippen LogP contribution in [0.2, 0.25) is 0 Å². The Morgan fingerprint density at radius 3 is 2.86 bits per heavy atom. The van der Waals surface area contributed by atoms with Crippen LogP contribution in [0.25, 0.3) is 0 Å². The number of anilines is 2. The summed E-state index contributed by atoms with van der Waals surface area (Å²) in [4.78, 5) is 11.9. The van der Waals surface area contributed by atoms with Gasteiger partial charge in [0.2, 0.25) is 11.0 Å². The number of hydrogen-bond donors (Lipinski definition) is 2. The number of nitrogens with zero attached hydrogens (tertiary/aromatic N) is 2. The lowest BCUT2D eigenvalue weighted by Crippen LogP contribution is -2.21. The first-order chi connectivity index (χ1) is 10.1. The minimum Gasteiger partial charge on any atom is -0.497 e. The van der Waals surface area contributed by atoms with Crippen molar-refractivity contribution in [2.45, 2.75) is 19.8 Å². The summed E-state index contributed by atoms with van der Waals surface area (Å²) in [6.45, 7) is 4.23. The number of amides is 1. The Balaban J connectivity index is 1.86. The molecule has 2 aromatic rings. The second kappa shape index (κ2) is 7.03. The van der Waals surface area contributed by atoms with Crippen LogP contribution >= 0.6 is 11.3 Å². The Kier molecular flexibility index (Phi) is 5.10. The molecule has 1 amide bonds.